The van der Waals surface area contributed by atoms with E-state index < -0.39 is 83.9 Å². The molecule has 0 aromatic rings. The quantitative estimate of drug-likeness (QED) is 0.179. The third-order valence-corrected chi connectivity index (χ3v) is 4.57. The monoisotopic (exact) mass is 618 g/mol. The van der Waals surface area contributed by atoms with Crippen molar-refractivity contribution >= 4 is 5.97 Å². The first kappa shape index (κ1) is 35.7. The van der Waals surface area contributed by atoms with Crippen LogP contribution in [0.2, 0.25) is 0 Å². The maximum Gasteiger partial charge on any atom is 0.385 e. The summed E-state index contributed by atoms with van der Waals surface area (Å²) in [4.78, 5) is 10.3. The van der Waals surface area contributed by atoms with Gasteiger partial charge in [0, 0.05) is 0 Å². The lowest BCUT2D eigenvalue weighted by molar-refractivity contribution is -0.457. The van der Waals surface area contributed by atoms with Crippen LogP contribution in [-0.4, -0.2) is 83.4 Å². The van der Waals surface area contributed by atoms with Gasteiger partial charge in [0.15, 0.2) is 6.17 Å². The van der Waals surface area contributed by atoms with Crippen molar-refractivity contribution < 1.29 is 102 Å². The van der Waals surface area contributed by atoms with Crippen LogP contribution in [0.15, 0.2) is 12.2 Å². The molecule has 226 valence electrons. The Kier molecular flexibility index (Phi) is 9.16. The van der Waals surface area contributed by atoms with Crippen LogP contribution in [0.25, 0.3) is 0 Å². The maximum absolute atomic E-state index is 13.6. The number of carboxylic acid groups (broad SMARTS) is 1. The summed E-state index contributed by atoms with van der Waals surface area (Å²) < 4.78 is 279. The van der Waals surface area contributed by atoms with Crippen LogP contribution in [-0.2, 0) is 4.79 Å². The van der Waals surface area contributed by atoms with E-state index >= 15 is 0 Å². The summed E-state index contributed by atoms with van der Waals surface area (Å²) in [6.45, 7) is 1.78. The van der Waals surface area contributed by atoms with E-state index in [1.807, 2.05) is 0 Å². The van der Waals surface area contributed by atoms with Gasteiger partial charge in [-0.15, -0.1) is 0 Å². The van der Waals surface area contributed by atoms with E-state index in [4.69, 9.17) is 5.11 Å². The normalized spacial score (nSPS) is 17.8. The van der Waals surface area contributed by atoms with E-state index in [2.05, 4.69) is 0 Å². The second-order valence-electron chi connectivity index (χ2n) is 7.07. The number of aliphatic carboxylic acids is 1. The summed E-state index contributed by atoms with van der Waals surface area (Å²) in [5.41, 5.74) is -2.87. The molecule has 0 radical (unpaired) electrons. The van der Waals surface area contributed by atoms with E-state index in [1.165, 1.54) is 0 Å². The van der Waals surface area contributed by atoms with Gasteiger partial charge in [-0.05, 0) is 0 Å². The van der Waals surface area contributed by atoms with Crippen molar-refractivity contribution in [1.29, 1.82) is 0 Å². The summed E-state index contributed by atoms with van der Waals surface area (Å²) in [7, 11) is 0. The predicted molar refractivity (Wildman–Crippen MR) is 77.0 cm³/mol. The summed E-state index contributed by atoms with van der Waals surface area (Å²) in [5.74, 6) is -71.9. The molecule has 23 heteroatoms. The molecule has 0 spiro atoms. The summed E-state index contributed by atoms with van der Waals surface area (Å²) in [6, 6.07) is 0. The highest BCUT2D eigenvalue weighted by molar-refractivity contribution is 5.87. The number of rotatable bonds is 13. The van der Waals surface area contributed by atoms with Crippen molar-refractivity contribution in [2.75, 3.05) is 0 Å². The van der Waals surface area contributed by atoms with Gasteiger partial charge in [0.25, 0.3) is 6.43 Å². The Labute approximate surface area is 194 Å². The molecular formula is C15H7F21O2. The van der Waals surface area contributed by atoms with Crippen molar-refractivity contribution in [1.82, 2.24) is 0 Å². The van der Waals surface area contributed by atoms with Gasteiger partial charge in [-0.2, -0.15) is 70.2 Å². The molecule has 0 saturated carbocycles. The van der Waals surface area contributed by atoms with Crippen molar-refractivity contribution in [2.45, 2.75) is 72.3 Å². The molecule has 0 heterocycles. The van der Waals surface area contributed by atoms with Gasteiger partial charge in [-0.1, -0.05) is 6.58 Å². The number of halogens is 21. The Bertz CT molecular complexity index is 893. The van der Waals surface area contributed by atoms with Gasteiger partial charge >= 0.3 is 53.3 Å². The molecule has 0 aliphatic heterocycles. The Morgan fingerprint density at radius 2 is 0.789 bits per heavy atom. The van der Waals surface area contributed by atoms with Gasteiger partial charge < -0.3 is 5.11 Å². The SMILES string of the molecule is C=C(C(=O)O)C(F)C(F)(F)C(F)(F)C(F)(F)C(F)(F)C(F)(F)C(F)(F)C(F)(F)C(F)(F)C(F)C(F)C(F)F. The number of hydrogen-bond donors (Lipinski definition) is 1. The number of hydrogen-bond acceptors (Lipinski definition) is 1. The van der Waals surface area contributed by atoms with Gasteiger partial charge in [0.1, 0.15) is 0 Å². The van der Waals surface area contributed by atoms with Crippen molar-refractivity contribution in [3.05, 3.63) is 12.2 Å². The Balaban J connectivity index is 7.01. The van der Waals surface area contributed by atoms with Crippen molar-refractivity contribution in [3.8, 4) is 0 Å². The van der Waals surface area contributed by atoms with Crippen LogP contribution in [0.4, 0.5) is 92.2 Å². The lowest BCUT2D eigenvalue weighted by Crippen LogP contribution is -2.76. The van der Waals surface area contributed by atoms with E-state index in [0.29, 0.717) is 0 Å². The molecule has 0 aromatic heterocycles. The maximum atomic E-state index is 13.6. The minimum atomic E-state index is -9.12. The molecule has 0 fully saturated rings. The van der Waals surface area contributed by atoms with Crippen LogP contribution in [0.5, 0.6) is 0 Å². The smallest absolute Gasteiger partial charge is 0.385 e. The predicted octanol–water partition coefficient (Wildman–Crippen LogP) is 6.99. The molecular weight excluding hydrogens is 611 g/mol. The summed E-state index contributed by atoms with van der Waals surface area (Å²) in [5, 5.41) is 8.13. The van der Waals surface area contributed by atoms with Crippen LogP contribution >= 0.6 is 0 Å². The fraction of sp³-hybridized carbons (Fsp3) is 0.800. The van der Waals surface area contributed by atoms with Crippen LogP contribution in [0.3, 0.4) is 0 Å². The minimum Gasteiger partial charge on any atom is -0.478 e. The Morgan fingerprint density at radius 3 is 1.05 bits per heavy atom. The zero-order valence-corrected chi connectivity index (χ0v) is 16.8. The molecule has 0 amide bonds. The summed E-state index contributed by atoms with van der Waals surface area (Å²) in [6.07, 6.45) is -21.8. The molecule has 0 bridgehead atoms. The average molecular weight is 618 g/mol. The highest BCUT2D eigenvalue weighted by Gasteiger charge is 2.95. The molecule has 0 rings (SSSR count). The van der Waals surface area contributed by atoms with Crippen LogP contribution in [0.1, 0.15) is 0 Å². The van der Waals surface area contributed by atoms with Crippen LogP contribution < -0.4 is 0 Å². The Morgan fingerprint density at radius 1 is 0.526 bits per heavy atom. The van der Waals surface area contributed by atoms with Gasteiger partial charge in [-0.3, -0.25) is 0 Å². The molecule has 0 aliphatic rings. The lowest BCUT2D eigenvalue weighted by atomic mass is 9.85. The van der Waals surface area contributed by atoms with E-state index in [9.17, 15) is 97.0 Å². The van der Waals surface area contributed by atoms with Crippen molar-refractivity contribution in [3.63, 3.8) is 0 Å². The standard InChI is InChI=1S/C15H7F21O2/c1-2(7(37)38)4(17)8(21,22)10(25,26)12(29,30)14(33,34)15(35,36)13(31,32)11(27,28)9(23,24)5(18)3(16)6(19)20/h3-6H,1H2,(H,37,38). The zero-order chi connectivity index (χ0) is 31.5. The van der Waals surface area contributed by atoms with E-state index in [1.54, 1.807) is 6.58 Å². The number of carboxylic acids is 1. The lowest BCUT2D eigenvalue weighted by Gasteiger charge is -2.44. The van der Waals surface area contributed by atoms with Crippen molar-refractivity contribution in [2.24, 2.45) is 0 Å². The molecule has 3 unspecified atom stereocenters. The molecule has 2 nitrogen and oxygen atoms in total. The first-order chi connectivity index (χ1) is 16.3. The number of carbonyl (C=O) groups is 1. The summed E-state index contributed by atoms with van der Waals surface area (Å²) >= 11 is 0. The topological polar surface area (TPSA) is 37.3 Å². The first-order valence-corrected chi connectivity index (χ1v) is 8.43. The first-order valence-electron chi connectivity index (χ1n) is 8.43. The molecule has 0 aromatic carbocycles. The minimum absolute atomic E-state index is 1.78. The van der Waals surface area contributed by atoms with E-state index in [-0.39, 0.29) is 0 Å². The molecule has 0 aliphatic carbocycles. The van der Waals surface area contributed by atoms with E-state index in [0.717, 1.165) is 0 Å². The molecule has 1 N–H and O–H groups in total. The average Bonchev–Trinajstić information content (AvgIpc) is 2.75. The highest BCUT2D eigenvalue weighted by Crippen LogP contribution is 2.65. The molecule has 0 saturated heterocycles. The molecule has 3 atom stereocenters. The van der Waals surface area contributed by atoms with Gasteiger partial charge in [-0.25, -0.2) is 26.7 Å². The van der Waals surface area contributed by atoms with Crippen LogP contribution in [0, 0.1) is 0 Å². The fourth-order valence-corrected chi connectivity index (χ4v) is 2.19. The largest absolute Gasteiger partial charge is 0.478 e. The third kappa shape index (κ3) is 4.59. The second kappa shape index (κ2) is 9.73. The fourth-order valence-electron chi connectivity index (χ4n) is 2.19. The third-order valence-electron chi connectivity index (χ3n) is 4.57. The zero-order valence-electron chi connectivity index (χ0n) is 16.8. The highest BCUT2D eigenvalue weighted by atomic mass is 19.4. The van der Waals surface area contributed by atoms with Gasteiger partial charge in [0.2, 0.25) is 12.3 Å². The van der Waals surface area contributed by atoms with Gasteiger partial charge in [0.05, 0.1) is 5.57 Å². The Hall–Kier alpha value is -2.26. The molecule has 38 heavy (non-hydrogen) atoms. The number of alkyl halides is 21. The second-order valence-corrected chi connectivity index (χ2v) is 7.07.